The maximum Gasteiger partial charge on any atom is 0.261 e. The van der Waals surface area contributed by atoms with Crippen molar-refractivity contribution < 1.29 is 23.7 Å². The lowest BCUT2D eigenvalue weighted by Crippen LogP contribution is -2.21. The molecule has 1 aromatic heterocycles. The summed E-state index contributed by atoms with van der Waals surface area (Å²) in [6, 6.07) is 13.2. The maximum absolute atomic E-state index is 10.3. The topological polar surface area (TPSA) is 97.3 Å². The minimum absolute atomic E-state index is 0.104. The molecule has 24 heavy (non-hydrogen) atoms. The average molecular weight is 347 g/mol. The first-order valence-electron chi connectivity index (χ1n) is 7.55. The third-order valence-electron chi connectivity index (χ3n) is 4.23. The highest BCUT2D eigenvalue weighted by Gasteiger charge is 2.36. The third kappa shape index (κ3) is 2.21. The molecule has 2 aromatic carbocycles. The van der Waals surface area contributed by atoms with E-state index in [1.54, 1.807) is 6.07 Å². The molecule has 0 bridgehead atoms. The summed E-state index contributed by atoms with van der Waals surface area (Å²) in [7, 11) is -3.02. The normalized spacial score (nSPS) is 18.2. The lowest BCUT2D eigenvalue weighted by molar-refractivity contribution is 0.409. The molecule has 0 saturated carbocycles. The second-order valence-corrected chi connectivity index (χ2v) is 7.87. The van der Waals surface area contributed by atoms with Gasteiger partial charge in [0.2, 0.25) is 11.5 Å². The molecular formula is C17H17NO5S. The Kier molecular flexibility index (Phi) is 3.38. The van der Waals surface area contributed by atoms with E-state index in [0.29, 0.717) is 18.5 Å². The van der Waals surface area contributed by atoms with Crippen LogP contribution in [0.2, 0.25) is 0 Å². The molecule has 0 spiro atoms. The standard InChI is InChI=1S/C17H17NO5S/c19-14-15(20)17(18-9-4-10-24(18,21)22)23-16(14)13-8-3-6-11-5-1-2-7-12(11)13/h1-3,5-8,19-22H,4,9-10H2. The molecule has 4 N–H and O–H groups in total. The highest BCUT2D eigenvalue weighted by atomic mass is 32.3. The van der Waals surface area contributed by atoms with Crippen molar-refractivity contribution in [2.75, 3.05) is 16.6 Å². The fourth-order valence-electron chi connectivity index (χ4n) is 3.07. The molecule has 1 fully saturated rings. The molecule has 0 atom stereocenters. The van der Waals surface area contributed by atoms with Gasteiger partial charge >= 0.3 is 0 Å². The van der Waals surface area contributed by atoms with Crippen LogP contribution in [0.3, 0.4) is 0 Å². The molecule has 126 valence electrons. The van der Waals surface area contributed by atoms with Crippen LogP contribution < -0.4 is 4.31 Å². The van der Waals surface area contributed by atoms with Crippen LogP contribution in [0.25, 0.3) is 22.1 Å². The Balaban J connectivity index is 1.89. The van der Waals surface area contributed by atoms with Gasteiger partial charge in [-0.05, 0) is 17.2 Å². The number of hydrogen-bond donors (Lipinski definition) is 4. The van der Waals surface area contributed by atoms with E-state index >= 15 is 0 Å². The van der Waals surface area contributed by atoms with Gasteiger partial charge in [-0.25, -0.2) is 4.31 Å². The molecule has 1 aliphatic rings. The number of benzene rings is 2. The van der Waals surface area contributed by atoms with Gasteiger partial charge in [0.25, 0.3) is 5.88 Å². The summed E-state index contributed by atoms with van der Waals surface area (Å²) >= 11 is 0. The minimum atomic E-state index is -3.02. The molecule has 3 aromatic rings. The van der Waals surface area contributed by atoms with Crippen LogP contribution in [0.5, 0.6) is 11.5 Å². The van der Waals surface area contributed by atoms with Crippen molar-refractivity contribution in [2.45, 2.75) is 6.42 Å². The summed E-state index contributed by atoms with van der Waals surface area (Å²) in [5.74, 6) is -0.644. The second-order valence-electron chi connectivity index (χ2n) is 5.75. The number of fused-ring (bicyclic) bond motifs is 1. The molecule has 0 amide bonds. The van der Waals surface area contributed by atoms with Gasteiger partial charge in [0.05, 0.1) is 5.75 Å². The number of anilines is 1. The highest BCUT2D eigenvalue weighted by Crippen LogP contribution is 2.57. The highest BCUT2D eigenvalue weighted by molar-refractivity contribution is 8.25. The Hall–Kier alpha value is -2.35. The lowest BCUT2D eigenvalue weighted by atomic mass is 10.0. The van der Waals surface area contributed by atoms with Crippen molar-refractivity contribution in [2.24, 2.45) is 0 Å². The molecule has 1 aliphatic heterocycles. The predicted octanol–water partition coefficient (Wildman–Crippen LogP) is 4.39. The van der Waals surface area contributed by atoms with Crippen LogP contribution in [-0.4, -0.2) is 31.6 Å². The Morgan fingerprint density at radius 2 is 1.71 bits per heavy atom. The summed E-state index contributed by atoms with van der Waals surface area (Å²) < 4.78 is 27.1. The zero-order valence-corrected chi connectivity index (χ0v) is 13.5. The predicted molar refractivity (Wildman–Crippen MR) is 94.7 cm³/mol. The molecule has 1 saturated heterocycles. The number of hydrogen-bond acceptors (Lipinski definition) is 6. The van der Waals surface area contributed by atoms with Crippen LogP contribution in [0.4, 0.5) is 5.88 Å². The van der Waals surface area contributed by atoms with Gasteiger partial charge in [0, 0.05) is 12.1 Å². The number of rotatable bonds is 2. The van der Waals surface area contributed by atoms with Gasteiger partial charge in [0.1, 0.15) is 0 Å². The van der Waals surface area contributed by atoms with E-state index in [9.17, 15) is 19.3 Å². The van der Waals surface area contributed by atoms with Gasteiger partial charge in [0.15, 0.2) is 5.76 Å². The van der Waals surface area contributed by atoms with E-state index in [1.165, 1.54) is 4.31 Å². The van der Waals surface area contributed by atoms with Crippen LogP contribution in [0.1, 0.15) is 6.42 Å². The quantitative estimate of drug-likeness (QED) is 0.549. The van der Waals surface area contributed by atoms with E-state index in [4.69, 9.17) is 4.42 Å². The smallest absolute Gasteiger partial charge is 0.261 e. The first-order valence-corrected chi connectivity index (χ1v) is 9.23. The lowest BCUT2D eigenvalue weighted by Gasteiger charge is -2.35. The molecular weight excluding hydrogens is 330 g/mol. The monoisotopic (exact) mass is 347 g/mol. The molecule has 2 heterocycles. The van der Waals surface area contributed by atoms with Gasteiger partial charge in [-0.2, -0.15) is 0 Å². The Bertz CT molecular complexity index is 915. The van der Waals surface area contributed by atoms with Gasteiger partial charge < -0.3 is 14.6 Å². The number of furan rings is 1. The van der Waals surface area contributed by atoms with E-state index in [0.717, 1.165) is 10.8 Å². The molecule has 0 unspecified atom stereocenters. The van der Waals surface area contributed by atoms with Gasteiger partial charge in [-0.1, -0.05) is 42.5 Å². The summed E-state index contributed by atoms with van der Waals surface area (Å²) in [6.45, 7) is 0.345. The summed E-state index contributed by atoms with van der Waals surface area (Å²) in [5, 5.41) is 22.4. The minimum Gasteiger partial charge on any atom is -0.502 e. The zero-order valence-electron chi connectivity index (χ0n) is 12.7. The fraction of sp³-hybridized carbons (Fsp3) is 0.176. The zero-order chi connectivity index (χ0) is 16.9. The molecule has 0 radical (unpaired) electrons. The fourth-order valence-corrected chi connectivity index (χ4v) is 4.62. The van der Waals surface area contributed by atoms with Crippen LogP contribution in [0.15, 0.2) is 46.9 Å². The Morgan fingerprint density at radius 1 is 0.958 bits per heavy atom. The van der Waals surface area contributed by atoms with E-state index in [-0.39, 0.29) is 17.4 Å². The SMILES string of the molecule is Oc1c(-c2cccc3ccccc23)oc(N2CCCS2(O)O)c1O. The third-order valence-corrected chi connectivity index (χ3v) is 6.12. The first-order chi connectivity index (χ1) is 11.5. The summed E-state index contributed by atoms with van der Waals surface area (Å²) in [4.78, 5) is 0. The number of nitrogens with zero attached hydrogens (tertiary/aromatic N) is 1. The largest absolute Gasteiger partial charge is 0.502 e. The number of aromatic hydroxyl groups is 2. The maximum atomic E-state index is 10.3. The summed E-state index contributed by atoms with van der Waals surface area (Å²) in [5.41, 5.74) is 0.628. The van der Waals surface area contributed by atoms with Gasteiger partial charge in [-0.3, -0.25) is 9.11 Å². The van der Waals surface area contributed by atoms with Gasteiger partial charge in [-0.15, -0.1) is 10.8 Å². The van der Waals surface area contributed by atoms with Crippen molar-refractivity contribution in [1.29, 1.82) is 0 Å². The van der Waals surface area contributed by atoms with Crippen molar-refractivity contribution in [3.8, 4) is 22.8 Å². The van der Waals surface area contributed by atoms with Crippen LogP contribution >= 0.6 is 10.8 Å². The second kappa shape index (κ2) is 5.34. The molecule has 0 aliphatic carbocycles. The molecule has 7 heteroatoms. The van der Waals surface area contributed by atoms with Crippen LogP contribution in [-0.2, 0) is 0 Å². The Labute approximate surface area is 140 Å². The van der Waals surface area contributed by atoms with Crippen molar-refractivity contribution >= 4 is 27.4 Å². The van der Waals surface area contributed by atoms with Crippen molar-refractivity contribution in [1.82, 2.24) is 0 Å². The van der Waals surface area contributed by atoms with E-state index in [1.807, 2.05) is 36.4 Å². The van der Waals surface area contributed by atoms with Crippen molar-refractivity contribution in [3.05, 3.63) is 42.5 Å². The molecule has 6 nitrogen and oxygen atoms in total. The molecule has 4 rings (SSSR count). The van der Waals surface area contributed by atoms with Crippen LogP contribution in [0, 0.1) is 0 Å². The Morgan fingerprint density at radius 3 is 2.46 bits per heavy atom. The average Bonchev–Trinajstić information content (AvgIpc) is 3.07. The van der Waals surface area contributed by atoms with Crippen molar-refractivity contribution in [3.63, 3.8) is 0 Å². The first kappa shape index (κ1) is 15.2. The van der Waals surface area contributed by atoms with E-state index in [2.05, 4.69) is 0 Å². The summed E-state index contributed by atoms with van der Waals surface area (Å²) in [6.07, 6.45) is 0.576. The van der Waals surface area contributed by atoms with E-state index < -0.39 is 22.3 Å².